The van der Waals surface area contributed by atoms with Crippen molar-refractivity contribution in [3.63, 3.8) is 0 Å². The second kappa shape index (κ2) is 6.56. The highest BCUT2D eigenvalue weighted by molar-refractivity contribution is 7.98. The first-order chi connectivity index (χ1) is 9.62. The predicted molar refractivity (Wildman–Crippen MR) is 79.2 cm³/mol. The van der Waals surface area contributed by atoms with Crippen LogP contribution in [0.15, 0.2) is 29.4 Å². The number of rotatable bonds is 5. The molecule has 0 fully saturated rings. The summed E-state index contributed by atoms with van der Waals surface area (Å²) < 4.78 is 19.2. The fourth-order valence-corrected chi connectivity index (χ4v) is 1.99. The molecule has 2 aromatic rings. The van der Waals surface area contributed by atoms with Crippen molar-refractivity contribution in [3.05, 3.63) is 35.6 Å². The number of halogens is 1. The zero-order chi connectivity index (χ0) is 14.5. The molecule has 4 nitrogen and oxygen atoms in total. The van der Waals surface area contributed by atoms with E-state index in [1.807, 2.05) is 20.1 Å². The van der Waals surface area contributed by atoms with Gasteiger partial charge in [0.2, 0.25) is 5.88 Å². The Morgan fingerprint density at radius 3 is 2.80 bits per heavy atom. The maximum Gasteiger partial charge on any atom is 0.225 e. The van der Waals surface area contributed by atoms with Gasteiger partial charge in [-0.3, -0.25) is 0 Å². The maximum atomic E-state index is 13.7. The van der Waals surface area contributed by atoms with E-state index >= 15 is 0 Å². The van der Waals surface area contributed by atoms with Crippen molar-refractivity contribution in [2.45, 2.75) is 19.0 Å². The zero-order valence-electron chi connectivity index (χ0n) is 11.6. The van der Waals surface area contributed by atoms with Crippen LogP contribution in [-0.4, -0.2) is 22.8 Å². The third kappa shape index (κ3) is 3.60. The third-order valence-corrected chi connectivity index (χ3v) is 3.07. The zero-order valence-corrected chi connectivity index (χ0v) is 12.4. The van der Waals surface area contributed by atoms with Crippen LogP contribution in [-0.2, 0) is 0 Å². The Morgan fingerprint density at radius 1 is 1.30 bits per heavy atom. The maximum absolute atomic E-state index is 13.7. The topological polar surface area (TPSA) is 47.0 Å². The lowest BCUT2D eigenvalue weighted by molar-refractivity contribution is 0.422. The highest BCUT2D eigenvalue weighted by atomic mass is 32.2. The minimum atomic E-state index is -0.412. The molecule has 1 N–H and O–H groups in total. The lowest BCUT2D eigenvalue weighted by Crippen LogP contribution is -2.02. The van der Waals surface area contributed by atoms with Gasteiger partial charge < -0.3 is 10.1 Å². The van der Waals surface area contributed by atoms with Gasteiger partial charge >= 0.3 is 0 Å². The average Bonchev–Trinajstić information content (AvgIpc) is 2.43. The van der Waals surface area contributed by atoms with Gasteiger partial charge in [0.15, 0.2) is 16.7 Å². The van der Waals surface area contributed by atoms with Gasteiger partial charge in [-0.05, 0) is 37.8 Å². The summed E-state index contributed by atoms with van der Waals surface area (Å²) in [6.45, 7) is 4.59. The van der Waals surface area contributed by atoms with Crippen LogP contribution in [0.5, 0.6) is 11.6 Å². The van der Waals surface area contributed by atoms with E-state index < -0.39 is 5.82 Å². The standard InChI is InChI=1S/C14H16FN3OS/c1-4-16-12-8-13(18-14(17-12)20-3)19-11-7-9(2)5-6-10(11)15/h5-8H,4H2,1-3H3,(H,16,17,18). The molecule has 0 atom stereocenters. The summed E-state index contributed by atoms with van der Waals surface area (Å²) in [7, 11) is 0. The molecule has 1 aromatic carbocycles. The molecule has 1 aromatic heterocycles. The number of ether oxygens (including phenoxy) is 1. The molecule has 1 heterocycles. The molecule has 6 heteroatoms. The number of nitrogens with one attached hydrogen (secondary N) is 1. The molecule has 0 radical (unpaired) electrons. The van der Waals surface area contributed by atoms with Gasteiger partial charge in [-0.1, -0.05) is 17.8 Å². The van der Waals surface area contributed by atoms with Crippen LogP contribution in [0.3, 0.4) is 0 Å². The Kier molecular flexibility index (Phi) is 4.79. The number of hydrogen-bond donors (Lipinski definition) is 1. The number of hydrogen-bond acceptors (Lipinski definition) is 5. The second-order valence-electron chi connectivity index (χ2n) is 4.14. The smallest absolute Gasteiger partial charge is 0.225 e. The van der Waals surface area contributed by atoms with Crippen LogP contribution in [0.4, 0.5) is 10.2 Å². The van der Waals surface area contributed by atoms with E-state index in [0.717, 1.165) is 12.1 Å². The van der Waals surface area contributed by atoms with Crippen molar-refractivity contribution < 1.29 is 9.13 Å². The van der Waals surface area contributed by atoms with Gasteiger partial charge in [0.05, 0.1) is 0 Å². The minimum absolute atomic E-state index is 0.165. The van der Waals surface area contributed by atoms with E-state index in [4.69, 9.17) is 4.74 Å². The van der Waals surface area contributed by atoms with Gasteiger partial charge in [0, 0.05) is 12.6 Å². The summed E-state index contributed by atoms with van der Waals surface area (Å²) in [6, 6.07) is 6.38. The van der Waals surface area contributed by atoms with Crippen LogP contribution in [0.1, 0.15) is 12.5 Å². The van der Waals surface area contributed by atoms with E-state index in [2.05, 4.69) is 15.3 Å². The molecular weight excluding hydrogens is 277 g/mol. The first-order valence-corrected chi connectivity index (χ1v) is 7.45. The molecule has 0 unspecified atom stereocenters. The summed E-state index contributed by atoms with van der Waals surface area (Å²) in [5.74, 6) is 0.739. The molecule has 0 saturated carbocycles. The summed E-state index contributed by atoms with van der Waals surface area (Å²) in [6.07, 6.45) is 1.88. The lowest BCUT2D eigenvalue weighted by atomic mass is 10.2. The summed E-state index contributed by atoms with van der Waals surface area (Å²) in [5, 5.41) is 3.67. The number of aryl methyl sites for hydroxylation is 1. The molecule has 0 aliphatic rings. The Hall–Kier alpha value is -1.82. The van der Waals surface area contributed by atoms with Crippen molar-refractivity contribution in [3.8, 4) is 11.6 Å². The molecular formula is C14H16FN3OS. The van der Waals surface area contributed by atoms with Crippen molar-refractivity contribution >= 4 is 17.6 Å². The molecule has 0 amide bonds. The molecule has 0 bridgehead atoms. The molecule has 0 spiro atoms. The van der Waals surface area contributed by atoms with Crippen molar-refractivity contribution in [1.82, 2.24) is 9.97 Å². The van der Waals surface area contributed by atoms with Gasteiger partial charge in [-0.15, -0.1) is 0 Å². The van der Waals surface area contributed by atoms with Crippen LogP contribution >= 0.6 is 11.8 Å². The Bertz CT molecular complexity index is 607. The monoisotopic (exact) mass is 293 g/mol. The molecule has 0 aliphatic heterocycles. The SMILES string of the molecule is CCNc1cc(Oc2cc(C)ccc2F)nc(SC)n1. The quantitative estimate of drug-likeness (QED) is 0.670. The normalized spacial score (nSPS) is 10.4. The number of anilines is 1. The van der Waals surface area contributed by atoms with Crippen LogP contribution in [0.2, 0.25) is 0 Å². The predicted octanol–water partition coefficient (Wildman–Crippen LogP) is 3.87. The Labute approximate surface area is 121 Å². The van der Waals surface area contributed by atoms with Gasteiger partial charge in [0.25, 0.3) is 0 Å². The van der Waals surface area contributed by atoms with E-state index in [0.29, 0.717) is 16.9 Å². The first kappa shape index (κ1) is 14.6. The fraction of sp³-hybridized carbons (Fsp3) is 0.286. The lowest BCUT2D eigenvalue weighted by Gasteiger charge is -2.10. The molecule has 2 rings (SSSR count). The van der Waals surface area contributed by atoms with Crippen LogP contribution in [0.25, 0.3) is 0 Å². The highest BCUT2D eigenvalue weighted by Gasteiger charge is 2.09. The van der Waals surface area contributed by atoms with Crippen molar-refractivity contribution in [1.29, 1.82) is 0 Å². The molecule has 106 valence electrons. The minimum Gasteiger partial charge on any atom is -0.436 e. The first-order valence-electron chi connectivity index (χ1n) is 6.23. The second-order valence-corrected chi connectivity index (χ2v) is 4.92. The van der Waals surface area contributed by atoms with E-state index in [-0.39, 0.29) is 5.75 Å². The number of thioether (sulfide) groups is 1. The molecule has 0 saturated heterocycles. The summed E-state index contributed by atoms with van der Waals surface area (Å²) >= 11 is 1.40. The van der Waals surface area contributed by atoms with Crippen LogP contribution < -0.4 is 10.1 Å². The number of aromatic nitrogens is 2. The summed E-state index contributed by atoms with van der Waals surface area (Å²) in [4.78, 5) is 8.51. The Balaban J connectivity index is 2.32. The molecule has 0 aliphatic carbocycles. The summed E-state index contributed by atoms with van der Waals surface area (Å²) in [5.41, 5.74) is 0.924. The van der Waals surface area contributed by atoms with Crippen molar-refractivity contribution in [2.75, 3.05) is 18.1 Å². The van der Waals surface area contributed by atoms with Gasteiger partial charge in [-0.25, -0.2) is 9.37 Å². The number of nitrogens with zero attached hydrogens (tertiary/aromatic N) is 2. The average molecular weight is 293 g/mol. The fourth-order valence-electron chi connectivity index (χ4n) is 1.62. The van der Waals surface area contributed by atoms with Gasteiger partial charge in [0.1, 0.15) is 5.82 Å². The molecule has 20 heavy (non-hydrogen) atoms. The van der Waals surface area contributed by atoms with E-state index in [9.17, 15) is 4.39 Å². The highest BCUT2D eigenvalue weighted by Crippen LogP contribution is 2.26. The van der Waals surface area contributed by atoms with Crippen molar-refractivity contribution in [2.24, 2.45) is 0 Å². The number of benzene rings is 1. The largest absolute Gasteiger partial charge is 0.436 e. The third-order valence-electron chi connectivity index (χ3n) is 2.52. The van der Waals surface area contributed by atoms with Crippen LogP contribution in [0, 0.1) is 12.7 Å². The van der Waals surface area contributed by atoms with Gasteiger partial charge in [-0.2, -0.15) is 4.98 Å². The Morgan fingerprint density at radius 2 is 2.10 bits per heavy atom. The van der Waals surface area contributed by atoms with E-state index in [1.165, 1.54) is 17.8 Å². The van der Waals surface area contributed by atoms with E-state index in [1.54, 1.807) is 18.2 Å².